The smallest absolute Gasteiger partial charge is 0.262 e. The number of halogens is 1. The average molecular weight is 782 g/mol. The van der Waals surface area contributed by atoms with Crippen LogP contribution in [0.1, 0.15) is 87.2 Å². The molecule has 11 nitrogen and oxygen atoms in total. The number of nitrogens with zero attached hydrogens (tertiary/aromatic N) is 6. The summed E-state index contributed by atoms with van der Waals surface area (Å²) >= 11 is 6.30. The van der Waals surface area contributed by atoms with E-state index >= 15 is 0 Å². The maximum atomic E-state index is 13.3. The van der Waals surface area contributed by atoms with E-state index in [0.29, 0.717) is 40.1 Å². The number of carbonyl (C=O) groups excluding carboxylic acids is 4. The zero-order valence-corrected chi connectivity index (χ0v) is 32.9. The van der Waals surface area contributed by atoms with Gasteiger partial charge in [-0.25, -0.2) is 0 Å². The Balaban J connectivity index is 0.793. The molecule has 4 aliphatic heterocycles. The maximum absolute atomic E-state index is 13.3. The van der Waals surface area contributed by atoms with Crippen molar-refractivity contribution >= 4 is 40.9 Å². The number of rotatable bonds is 7. The van der Waals surface area contributed by atoms with Crippen molar-refractivity contribution in [1.29, 1.82) is 5.26 Å². The molecule has 3 aromatic carbocycles. The summed E-state index contributed by atoms with van der Waals surface area (Å²) in [4.78, 5) is 56.3. The molecule has 3 fully saturated rings. The summed E-state index contributed by atoms with van der Waals surface area (Å²) in [6.45, 7) is 9.69. The fourth-order valence-electron chi connectivity index (χ4n) is 8.52. The average Bonchev–Trinajstić information content (AvgIpc) is 3.64. The van der Waals surface area contributed by atoms with Crippen molar-refractivity contribution < 1.29 is 19.2 Å². The van der Waals surface area contributed by atoms with Crippen LogP contribution in [0.15, 0.2) is 60.7 Å². The number of fused-ring (bicyclic) bond motifs is 1. The fourth-order valence-corrected chi connectivity index (χ4v) is 8.75. The molecule has 4 aromatic rings. The van der Waals surface area contributed by atoms with E-state index in [1.54, 1.807) is 24.3 Å². The lowest BCUT2D eigenvalue weighted by atomic mass is 9.92. The van der Waals surface area contributed by atoms with Crippen LogP contribution in [0.4, 0.5) is 5.69 Å². The van der Waals surface area contributed by atoms with Gasteiger partial charge in [0.05, 0.1) is 34.0 Å². The molecule has 1 atom stereocenters. The van der Waals surface area contributed by atoms with Crippen molar-refractivity contribution in [2.45, 2.75) is 65.0 Å². The van der Waals surface area contributed by atoms with Crippen LogP contribution in [0.2, 0.25) is 5.02 Å². The summed E-state index contributed by atoms with van der Waals surface area (Å²) in [5.74, 6) is 6.01. The largest absolute Gasteiger partial charge is 0.371 e. The fraction of sp³-hybridized carbons (Fsp3) is 0.378. The highest BCUT2D eigenvalue weighted by Crippen LogP contribution is 2.33. The highest BCUT2D eigenvalue weighted by Gasteiger charge is 2.45. The molecular weight excluding hydrogens is 738 g/mol. The standard InChI is InChI=1S/C45H44ClN7O4/c1-28-29(2)52(49-42(28)34-9-10-35(25-47)39(46)23-34)27-32-7-5-30(6-8-32)3-4-31-15-19-50(20-16-31)26-33-17-21-51(22-18-33)36-11-12-37-38(24-36)45(57)53(44(37)56)40-13-14-41(54)48-43(40)55/h5-12,23-24,31,33,40H,13-22,26-27H2,1-2H3,(H,48,54,55). The maximum Gasteiger partial charge on any atom is 0.262 e. The molecule has 0 radical (unpaired) electrons. The van der Waals surface area contributed by atoms with E-state index in [1.165, 1.54) is 0 Å². The molecule has 0 spiro atoms. The Morgan fingerprint density at radius 1 is 0.860 bits per heavy atom. The van der Waals surface area contributed by atoms with Gasteiger partial charge in [-0.15, -0.1) is 0 Å². The number of hydrogen-bond donors (Lipinski definition) is 1. The predicted molar refractivity (Wildman–Crippen MR) is 216 cm³/mol. The van der Waals surface area contributed by atoms with Crippen molar-refractivity contribution in [3.05, 3.63) is 105 Å². The summed E-state index contributed by atoms with van der Waals surface area (Å²) in [7, 11) is 0. The van der Waals surface area contributed by atoms with Gasteiger partial charge in [-0.2, -0.15) is 10.4 Å². The number of amides is 4. The minimum atomic E-state index is -0.960. The Morgan fingerprint density at radius 3 is 2.30 bits per heavy atom. The number of nitriles is 1. The molecule has 0 bridgehead atoms. The van der Waals surface area contributed by atoms with Crippen molar-refractivity contribution in [1.82, 2.24) is 24.9 Å². The summed E-state index contributed by atoms with van der Waals surface area (Å²) in [5, 5.41) is 16.8. The normalized spacial score (nSPS) is 19.3. The lowest BCUT2D eigenvalue weighted by Gasteiger charge is -2.38. The molecule has 4 amide bonds. The zero-order chi connectivity index (χ0) is 39.8. The first kappa shape index (κ1) is 38.1. The Labute approximate surface area is 337 Å². The van der Waals surface area contributed by atoms with Gasteiger partial charge in [-0.3, -0.25) is 34.1 Å². The second-order valence-electron chi connectivity index (χ2n) is 15.7. The van der Waals surface area contributed by atoms with Crippen molar-refractivity contribution in [2.75, 3.05) is 37.6 Å². The molecule has 290 valence electrons. The van der Waals surface area contributed by atoms with Crippen LogP contribution in [0.25, 0.3) is 11.3 Å². The van der Waals surface area contributed by atoms with Crippen molar-refractivity contribution in [3.63, 3.8) is 0 Å². The molecule has 0 aliphatic carbocycles. The molecule has 1 aromatic heterocycles. The number of benzene rings is 3. The quantitative estimate of drug-likeness (QED) is 0.175. The number of nitrogens with one attached hydrogen (secondary N) is 1. The Morgan fingerprint density at radius 2 is 1.60 bits per heavy atom. The van der Waals surface area contributed by atoms with E-state index in [2.05, 4.69) is 71.1 Å². The third kappa shape index (κ3) is 7.83. The molecular formula is C45H44ClN7O4. The monoisotopic (exact) mass is 781 g/mol. The molecule has 4 aliphatic rings. The first-order chi connectivity index (χ1) is 27.6. The summed E-state index contributed by atoms with van der Waals surface area (Å²) in [6.07, 6.45) is 4.47. The molecule has 12 heteroatoms. The van der Waals surface area contributed by atoms with Gasteiger partial charge in [0.2, 0.25) is 11.8 Å². The van der Waals surface area contributed by atoms with E-state index in [1.807, 2.05) is 16.8 Å². The number of aromatic nitrogens is 2. The molecule has 1 N–H and O–H groups in total. The third-order valence-corrected chi connectivity index (χ3v) is 12.4. The summed E-state index contributed by atoms with van der Waals surface area (Å²) < 4.78 is 2.01. The highest BCUT2D eigenvalue weighted by atomic mass is 35.5. The van der Waals surface area contributed by atoms with Crippen LogP contribution in [-0.2, 0) is 16.1 Å². The minimum absolute atomic E-state index is 0.101. The van der Waals surface area contributed by atoms with Crippen LogP contribution in [0.3, 0.4) is 0 Å². The molecule has 0 saturated carbocycles. The lowest BCUT2D eigenvalue weighted by Crippen LogP contribution is -2.54. The Kier molecular flexibility index (Phi) is 10.7. The topological polar surface area (TPSA) is 132 Å². The van der Waals surface area contributed by atoms with Crippen LogP contribution in [0, 0.1) is 48.9 Å². The number of hydrogen-bond acceptors (Lipinski definition) is 8. The molecule has 57 heavy (non-hydrogen) atoms. The van der Waals surface area contributed by atoms with Crippen LogP contribution in [0.5, 0.6) is 0 Å². The number of imide groups is 2. The van der Waals surface area contributed by atoms with Gasteiger partial charge in [-0.05, 0) is 119 Å². The van der Waals surface area contributed by atoms with Crippen LogP contribution < -0.4 is 10.2 Å². The predicted octanol–water partition coefficient (Wildman–Crippen LogP) is 6.12. The Bertz CT molecular complexity index is 2370. The van der Waals surface area contributed by atoms with Gasteiger partial charge in [0, 0.05) is 54.5 Å². The number of anilines is 1. The highest BCUT2D eigenvalue weighted by molar-refractivity contribution is 6.32. The lowest BCUT2D eigenvalue weighted by molar-refractivity contribution is -0.136. The SMILES string of the molecule is Cc1c(-c2ccc(C#N)c(Cl)c2)nn(Cc2ccc(C#CC3CCN(CC4CCN(c5ccc6c(c5)C(=O)N(C5CCC(=O)NC5=O)C6=O)CC4)CC3)cc2)c1C. The van der Waals surface area contributed by atoms with E-state index in [-0.39, 0.29) is 18.7 Å². The summed E-state index contributed by atoms with van der Waals surface area (Å²) in [5.41, 5.74) is 8.10. The van der Waals surface area contributed by atoms with Gasteiger partial charge in [-0.1, -0.05) is 41.6 Å². The van der Waals surface area contributed by atoms with E-state index in [9.17, 15) is 24.4 Å². The second-order valence-corrected chi connectivity index (χ2v) is 16.1. The first-order valence-corrected chi connectivity index (χ1v) is 20.1. The third-order valence-electron chi connectivity index (χ3n) is 12.1. The van der Waals surface area contributed by atoms with Gasteiger partial charge >= 0.3 is 0 Å². The number of piperidine rings is 3. The van der Waals surface area contributed by atoms with Gasteiger partial charge in [0.25, 0.3) is 11.8 Å². The first-order valence-electron chi connectivity index (χ1n) is 19.7. The van der Waals surface area contributed by atoms with Gasteiger partial charge < -0.3 is 9.80 Å². The van der Waals surface area contributed by atoms with E-state index < -0.39 is 23.8 Å². The minimum Gasteiger partial charge on any atom is -0.371 e. The molecule has 5 heterocycles. The molecule has 1 unspecified atom stereocenters. The van der Waals surface area contributed by atoms with Crippen LogP contribution in [-0.4, -0.2) is 82.0 Å². The second kappa shape index (κ2) is 16.0. The summed E-state index contributed by atoms with van der Waals surface area (Å²) in [6, 6.07) is 20.4. The van der Waals surface area contributed by atoms with Crippen molar-refractivity contribution in [3.8, 4) is 29.2 Å². The van der Waals surface area contributed by atoms with Gasteiger partial charge in [0.15, 0.2) is 0 Å². The Hall–Kier alpha value is -5.75. The zero-order valence-electron chi connectivity index (χ0n) is 32.2. The van der Waals surface area contributed by atoms with Crippen LogP contribution >= 0.6 is 11.6 Å². The van der Waals surface area contributed by atoms with E-state index in [4.69, 9.17) is 16.7 Å². The van der Waals surface area contributed by atoms with E-state index in [0.717, 1.165) is 103 Å². The molecule has 3 saturated heterocycles. The number of carbonyl (C=O) groups is 4. The number of likely N-dealkylation sites (tertiary alicyclic amines) is 1. The molecule has 8 rings (SSSR count). The van der Waals surface area contributed by atoms with Crippen molar-refractivity contribution in [2.24, 2.45) is 11.8 Å². The van der Waals surface area contributed by atoms with Gasteiger partial charge in [0.1, 0.15) is 12.1 Å².